The zero-order valence-electron chi connectivity index (χ0n) is 11.9. The predicted octanol–water partition coefficient (Wildman–Crippen LogP) is 0.529. The lowest BCUT2D eigenvalue weighted by molar-refractivity contribution is 0.0696. The molecule has 1 rings (SSSR count). The molecule has 0 spiro atoms. The van der Waals surface area contributed by atoms with Crippen molar-refractivity contribution in [3.63, 3.8) is 0 Å². The van der Waals surface area contributed by atoms with Gasteiger partial charge >= 0.3 is 12.0 Å². The Hall–Kier alpha value is -2.15. The number of aromatic carboxylic acids is 1. The van der Waals surface area contributed by atoms with Gasteiger partial charge in [-0.05, 0) is 33.2 Å². The molecular weight excluding hydrogens is 260 g/mol. The van der Waals surface area contributed by atoms with Gasteiger partial charge in [0.2, 0.25) is 0 Å². The molecule has 0 bridgehead atoms. The zero-order valence-corrected chi connectivity index (χ0v) is 11.9. The van der Waals surface area contributed by atoms with Crippen molar-refractivity contribution in [2.24, 2.45) is 0 Å². The third kappa shape index (κ3) is 5.66. The molecule has 1 heterocycles. The Morgan fingerprint density at radius 3 is 2.75 bits per heavy atom. The fourth-order valence-corrected chi connectivity index (χ4v) is 1.75. The molecule has 1 aromatic rings. The summed E-state index contributed by atoms with van der Waals surface area (Å²) in [7, 11) is 3.86. The van der Waals surface area contributed by atoms with Crippen molar-refractivity contribution in [2.75, 3.05) is 20.6 Å². The minimum Gasteiger partial charge on any atom is -0.478 e. The number of pyridine rings is 1. The van der Waals surface area contributed by atoms with Gasteiger partial charge in [-0.1, -0.05) is 0 Å². The Morgan fingerprint density at radius 2 is 2.15 bits per heavy atom. The molecule has 0 fully saturated rings. The summed E-state index contributed by atoms with van der Waals surface area (Å²) in [6.07, 6.45) is 1.41. The van der Waals surface area contributed by atoms with Crippen LogP contribution in [0.5, 0.6) is 0 Å². The molecule has 7 heteroatoms. The second-order valence-electron chi connectivity index (χ2n) is 4.83. The average Bonchev–Trinajstić information content (AvgIpc) is 2.35. The van der Waals surface area contributed by atoms with Gasteiger partial charge in [0.1, 0.15) is 0 Å². The predicted molar refractivity (Wildman–Crippen MR) is 74.6 cm³/mol. The van der Waals surface area contributed by atoms with Gasteiger partial charge in [-0.2, -0.15) is 0 Å². The molecule has 110 valence electrons. The van der Waals surface area contributed by atoms with Crippen LogP contribution in [0.15, 0.2) is 18.3 Å². The van der Waals surface area contributed by atoms with E-state index in [0.29, 0.717) is 5.69 Å². The molecule has 20 heavy (non-hydrogen) atoms. The maximum absolute atomic E-state index is 11.6. The monoisotopic (exact) mass is 280 g/mol. The Morgan fingerprint density at radius 1 is 1.45 bits per heavy atom. The summed E-state index contributed by atoms with van der Waals surface area (Å²) < 4.78 is 0. The number of carboxylic acid groups (broad SMARTS) is 1. The van der Waals surface area contributed by atoms with Crippen LogP contribution in [0.2, 0.25) is 0 Å². The summed E-state index contributed by atoms with van der Waals surface area (Å²) in [5.74, 6) is -1.02. The number of carboxylic acids is 1. The van der Waals surface area contributed by atoms with Crippen LogP contribution in [-0.4, -0.2) is 53.7 Å². The molecule has 0 saturated heterocycles. The summed E-state index contributed by atoms with van der Waals surface area (Å²) in [6.45, 7) is 2.82. The number of carbonyl (C=O) groups excluding carboxylic acids is 1. The molecule has 1 atom stereocenters. The molecule has 1 unspecified atom stereocenters. The molecule has 0 radical (unpaired) electrons. The molecule has 0 aliphatic heterocycles. The first-order chi connectivity index (χ1) is 9.38. The number of nitrogens with one attached hydrogen (secondary N) is 2. The van der Waals surface area contributed by atoms with E-state index in [1.54, 1.807) is 0 Å². The van der Waals surface area contributed by atoms with Crippen molar-refractivity contribution in [3.8, 4) is 0 Å². The average molecular weight is 280 g/mol. The molecule has 1 aromatic heterocycles. The number of hydrogen-bond donors (Lipinski definition) is 3. The van der Waals surface area contributed by atoms with Gasteiger partial charge in [-0.3, -0.25) is 4.98 Å². The number of rotatable bonds is 6. The number of carbonyl (C=O) groups is 2. The van der Waals surface area contributed by atoms with E-state index in [1.807, 2.05) is 25.9 Å². The third-order valence-electron chi connectivity index (χ3n) is 2.51. The van der Waals surface area contributed by atoms with E-state index in [-0.39, 0.29) is 24.2 Å². The van der Waals surface area contributed by atoms with E-state index in [1.165, 1.54) is 18.3 Å². The van der Waals surface area contributed by atoms with Gasteiger partial charge in [0.25, 0.3) is 0 Å². The van der Waals surface area contributed by atoms with Crippen LogP contribution in [0, 0.1) is 0 Å². The summed E-state index contributed by atoms with van der Waals surface area (Å²) in [6, 6.07) is 2.56. The van der Waals surface area contributed by atoms with Crippen molar-refractivity contribution in [1.82, 2.24) is 20.5 Å². The molecule has 3 N–H and O–H groups in total. The van der Waals surface area contributed by atoms with E-state index >= 15 is 0 Å². The lowest BCUT2D eigenvalue weighted by atomic mass is 10.2. The van der Waals surface area contributed by atoms with Gasteiger partial charge in [-0.15, -0.1) is 0 Å². The van der Waals surface area contributed by atoms with E-state index < -0.39 is 5.97 Å². The lowest BCUT2D eigenvalue weighted by Crippen LogP contribution is -2.44. The van der Waals surface area contributed by atoms with E-state index in [2.05, 4.69) is 15.6 Å². The maximum atomic E-state index is 11.6. The summed E-state index contributed by atoms with van der Waals surface area (Å²) >= 11 is 0. The highest BCUT2D eigenvalue weighted by atomic mass is 16.4. The van der Waals surface area contributed by atoms with Crippen LogP contribution in [0.3, 0.4) is 0 Å². The first-order valence-corrected chi connectivity index (χ1v) is 6.26. The zero-order chi connectivity index (χ0) is 15.1. The fraction of sp³-hybridized carbons (Fsp3) is 0.462. The van der Waals surface area contributed by atoms with E-state index in [9.17, 15) is 9.59 Å². The highest BCUT2D eigenvalue weighted by molar-refractivity contribution is 5.87. The lowest BCUT2D eigenvalue weighted by Gasteiger charge is -2.18. The van der Waals surface area contributed by atoms with Crippen LogP contribution in [0.1, 0.15) is 23.0 Å². The summed E-state index contributed by atoms with van der Waals surface area (Å²) in [4.78, 5) is 28.4. The van der Waals surface area contributed by atoms with Crippen molar-refractivity contribution >= 4 is 12.0 Å². The fourth-order valence-electron chi connectivity index (χ4n) is 1.75. The van der Waals surface area contributed by atoms with Crippen molar-refractivity contribution in [3.05, 3.63) is 29.6 Å². The second kappa shape index (κ2) is 7.44. The van der Waals surface area contributed by atoms with E-state index in [0.717, 1.165) is 6.54 Å². The topological polar surface area (TPSA) is 94.6 Å². The Bertz CT molecular complexity index is 476. The number of amides is 2. The molecule has 0 aliphatic carbocycles. The molecule has 7 nitrogen and oxygen atoms in total. The Balaban J connectivity index is 2.45. The third-order valence-corrected chi connectivity index (χ3v) is 2.51. The van der Waals surface area contributed by atoms with Crippen LogP contribution in [-0.2, 0) is 6.54 Å². The molecular formula is C13H20N4O3. The van der Waals surface area contributed by atoms with Crippen LogP contribution in [0.4, 0.5) is 4.79 Å². The van der Waals surface area contributed by atoms with E-state index in [4.69, 9.17) is 5.11 Å². The maximum Gasteiger partial charge on any atom is 0.335 e. The summed E-state index contributed by atoms with van der Waals surface area (Å²) in [5.41, 5.74) is 0.651. The minimum absolute atomic E-state index is 0.0170. The van der Waals surface area contributed by atoms with Crippen molar-refractivity contribution in [1.29, 1.82) is 0 Å². The van der Waals surface area contributed by atoms with Gasteiger partial charge in [0, 0.05) is 18.8 Å². The molecule has 2 amide bonds. The molecule has 0 aliphatic rings. The summed E-state index contributed by atoms with van der Waals surface area (Å²) in [5, 5.41) is 14.3. The number of nitrogens with zero attached hydrogens (tertiary/aromatic N) is 2. The number of hydrogen-bond acceptors (Lipinski definition) is 4. The highest BCUT2D eigenvalue weighted by Gasteiger charge is 2.09. The Labute approximate surface area is 118 Å². The largest absolute Gasteiger partial charge is 0.478 e. The van der Waals surface area contributed by atoms with Gasteiger partial charge in [0.15, 0.2) is 0 Å². The Kier molecular flexibility index (Phi) is 5.92. The molecule has 0 aromatic carbocycles. The quantitative estimate of drug-likeness (QED) is 0.706. The minimum atomic E-state index is -1.02. The smallest absolute Gasteiger partial charge is 0.335 e. The number of likely N-dealkylation sites (N-methyl/N-ethyl adjacent to an activating group) is 1. The first kappa shape index (κ1) is 15.9. The normalized spacial score (nSPS) is 12.0. The second-order valence-corrected chi connectivity index (χ2v) is 4.83. The number of urea groups is 1. The standard InChI is InChI=1S/C13H20N4O3/c1-9(8-17(2)3)16-13(20)15-7-11-6-10(12(18)19)4-5-14-11/h4-6,9H,7-8H2,1-3H3,(H,18,19)(H2,15,16,20). The van der Waals surface area contributed by atoms with Gasteiger partial charge < -0.3 is 20.6 Å². The van der Waals surface area contributed by atoms with Crippen LogP contribution in [0.25, 0.3) is 0 Å². The van der Waals surface area contributed by atoms with Gasteiger partial charge in [-0.25, -0.2) is 9.59 Å². The van der Waals surface area contributed by atoms with Gasteiger partial charge in [0.05, 0.1) is 17.8 Å². The van der Waals surface area contributed by atoms with Crippen molar-refractivity contribution < 1.29 is 14.7 Å². The van der Waals surface area contributed by atoms with Crippen LogP contribution >= 0.6 is 0 Å². The molecule has 0 saturated carbocycles. The highest BCUT2D eigenvalue weighted by Crippen LogP contribution is 2.01. The van der Waals surface area contributed by atoms with Crippen molar-refractivity contribution in [2.45, 2.75) is 19.5 Å². The SMILES string of the molecule is CC(CN(C)C)NC(=O)NCc1cc(C(=O)O)ccn1. The first-order valence-electron chi connectivity index (χ1n) is 6.26. The number of aromatic nitrogens is 1. The van der Waals surface area contributed by atoms with Crippen LogP contribution < -0.4 is 10.6 Å².